The number of aliphatic hydroxyl groups is 1. The third-order valence-electron chi connectivity index (χ3n) is 4.15. The molecule has 1 amide bonds. The Morgan fingerprint density at radius 3 is 2.86 bits per heavy atom. The molecule has 2 atom stereocenters. The number of para-hydroxylation sites is 2. The molecule has 5 nitrogen and oxygen atoms in total. The molecule has 2 unspecified atom stereocenters. The minimum atomic E-state index is -0.378. The topological polar surface area (TPSA) is 67.2 Å². The first-order valence-electron chi connectivity index (χ1n) is 7.35. The van der Waals surface area contributed by atoms with E-state index in [0.29, 0.717) is 6.42 Å². The van der Waals surface area contributed by atoms with E-state index in [1.165, 1.54) is 0 Å². The second-order valence-corrected chi connectivity index (χ2v) is 5.69. The van der Waals surface area contributed by atoms with Crippen LogP contribution in [-0.4, -0.2) is 32.7 Å². The van der Waals surface area contributed by atoms with E-state index in [4.69, 9.17) is 5.11 Å². The molecule has 0 bridgehead atoms. The lowest BCUT2D eigenvalue weighted by Gasteiger charge is -2.30. The Morgan fingerprint density at radius 1 is 1.48 bits per heavy atom. The van der Waals surface area contributed by atoms with Gasteiger partial charge in [0.2, 0.25) is 5.91 Å². The van der Waals surface area contributed by atoms with Crippen molar-refractivity contribution in [1.29, 1.82) is 0 Å². The number of amides is 1. The van der Waals surface area contributed by atoms with Gasteiger partial charge in [-0.3, -0.25) is 4.79 Å². The van der Waals surface area contributed by atoms with E-state index in [1.54, 1.807) is 6.33 Å². The maximum atomic E-state index is 12.5. The van der Waals surface area contributed by atoms with Gasteiger partial charge in [-0.05, 0) is 38.8 Å². The number of carbonyl (C=O) groups is 1. The van der Waals surface area contributed by atoms with Crippen molar-refractivity contribution in [2.75, 3.05) is 6.61 Å². The van der Waals surface area contributed by atoms with Crippen LogP contribution < -0.4 is 5.32 Å². The molecule has 0 fully saturated rings. The molecule has 1 aromatic heterocycles. The summed E-state index contributed by atoms with van der Waals surface area (Å²) in [5, 5.41) is 12.2. The van der Waals surface area contributed by atoms with Gasteiger partial charge in [-0.15, -0.1) is 0 Å². The minimum Gasteiger partial charge on any atom is -0.396 e. The summed E-state index contributed by atoms with van der Waals surface area (Å²) in [7, 11) is 0. The highest BCUT2D eigenvalue weighted by Gasteiger charge is 2.27. The van der Waals surface area contributed by atoms with Crippen LogP contribution in [0.15, 0.2) is 30.6 Å². The van der Waals surface area contributed by atoms with Crippen LogP contribution >= 0.6 is 0 Å². The average molecular weight is 289 g/mol. The van der Waals surface area contributed by atoms with E-state index in [1.807, 2.05) is 49.6 Å². The first-order valence-corrected chi connectivity index (χ1v) is 7.35. The van der Waals surface area contributed by atoms with Gasteiger partial charge < -0.3 is 15.0 Å². The zero-order valence-corrected chi connectivity index (χ0v) is 12.8. The molecule has 0 aliphatic heterocycles. The summed E-state index contributed by atoms with van der Waals surface area (Å²) in [6.07, 6.45) is 3.02. The summed E-state index contributed by atoms with van der Waals surface area (Å²) < 4.78 is 1.87. The molecule has 21 heavy (non-hydrogen) atoms. The molecular formula is C16H23N3O2. The molecule has 0 saturated heterocycles. The zero-order valence-electron chi connectivity index (χ0n) is 12.8. The predicted molar refractivity (Wildman–Crippen MR) is 83.0 cm³/mol. The molecule has 2 N–H and O–H groups in total. The third-order valence-corrected chi connectivity index (χ3v) is 4.15. The molecule has 0 radical (unpaired) electrons. The number of benzene rings is 1. The van der Waals surface area contributed by atoms with E-state index < -0.39 is 0 Å². The molecular weight excluding hydrogens is 266 g/mol. The van der Waals surface area contributed by atoms with Crippen molar-refractivity contribution in [3.8, 4) is 0 Å². The summed E-state index contributed by atoms with van der Waals surface area (Å²) in [5.41, 5.74) is 1.45. The monoisotopic (exact) mass is 289 g/mol. The van der Waals surface area contributed by atoms with Gasteiger partial charge in [0, 0.05) is 12.1 Å². The highest BCUT2D eigenvalue weighted by atomic mass is 16.3. The van der Waals surface area contributed by atoms with Gasteiger partial charge in [-0.2, -0.15) is 0 Å². The molecule has 1 aromatic carbocycles. The van der Waals surface area contributed by atoms with Crippen molar-refractivity contribution in [2.45, 2.75) is 45.2 Å². The third kappa shape index (κ3) is 3.24. The Hall–Kier alpha value is -1.88. The van der Waals surface area contributed by atoms with Crippen LogP contribution in [0.5, 0.6) is 0 Å². The van der Waals surface area contributed by atoms with E-state index in [-0.39, 0.29) is 24.1 Å². The number of nitrogens with one attached hydrogen (secondary N) is 1. The smallest absolute Gasteiger partial charge is 0.243 e. The van der Waals surface area contributed by atoms with Crippen LogP contribution in [0.2, 0.25) is 0 Å². The highest BCUT2D eigenvalue weighted by Crippen LogP contribution is 2.20. The molecule has 0 aliphatic carbocycles. The lowest BCUT2D eigenvalue weighted by atomic mass is 9.94. The Kier molecular flexibility index (Phi) is 4.63. The van der Waals surface area contributed by atoms with Gasteiger partial charge in [0.25, 0.3) is 0 Å². The fourth-order valence-electron chi connectivity index (χ4n) is 2.39. The number of hydrogen-bond donors (Lipinski definition) is 2. The van der Waals surface area contributed by atoms with Crippen molar-refractivity contribution in [3.63, 3.8) is 0 Å². The van der Waals surface area contributed by atoms with Crippen molar-refractivity contribution in [2.24, 2.45) is 0 Å². The first kappa shape index (κ1) is 15.5. The Morgan fingerprint density at radius 2 is 2.19 bits per heavy atom. The zero-order chi connectivity index (χ0) is 15.5. The number of aliphatic hydroxyl groups excluding tert-OH is 1. The quantitative estimate of drug-likeness (QED) is 0.857. The van der Waals surface area contributed by atoms with Crippen molar-refractivity contribution < 1.29 is 9.90 Å². The second kappa shape index (κ2) is 6.26. The predicted octanol–water partition coefficient (Wildman–Crippen LogP) is 2.26. The number of nitrogens with zero attached hydrogens (tertiary/aromatic N) is 2. The second-order valence-electron chi connectivity index (χ2n) is 5.69. The fourth-order valence-corrected chi connectivity index (χ4v) is 2.39. The normalized spacial score (nSPS) is 15.6. The highest BCUT2D eigenvalue weighted by molar-refractivity contribution is 5.84. The number of aromatic nitrogens is 2. The molecule has 2 aromatic rings. The molecule has 2 rings (SSSR count). The summed E-state index contributed by atoms with van der Waals surface area (Å²) in [5.74, 6) is -0.0593. The SMILES string of the molecule is CCC(C)(CCO)NC(=O)C(C)n1cnc2ccccc21. The van der Waals surface area contributed by atoms with Crippen LogP contribution in [-0.2, 0) is 4.79 Å². The molecule has 0 spiro atoms. The van der Waals surface area contributed by atoms with Crippen molar-refractivity contribution in [1.82, 2.24) is 14.9 Å². The standard InChI is InChI=1S/C16H23N3O2/c1-4-16(3,9-10-20)18-15(21)12(2)19-11-17-13-7-5-6-8-14(13)19/h5-8,11-12,20H,4,9-10H2,1-3H3,(H,18,21). The molecule has 114 valence electrons. The van der Waals surface area contributed by atoms with Gasteiger partial charge in [-0.1, -0.05) is 19.1 Å². The van der Waals surface area contributed by atoms with Gasteiger partial charge in [0.05, 0.1) is 17.4 Å². The van der Waals surface area contributed by atoms with Crippen LogP contribution in [0.4, 0.5) is 0 Å². The number of carbonyl (C=O) groups excluding carboxylic acids is 1. The van der Waals surface area contributed by atoms with E-state index in [9.17, 15) is 4.79 Å². The maximum Gasteiger partial charge on any atom is 0.243 e. The van der Waals surface area contributed by atoms with E-state index in [2.05, 4.69) is 10.3 Å². The van der Waals surface area contributed by atoms with Crippen LogP contribution in [0.3, 0.4) is 0 Å². The number of imidazole rings is 1. The van der Waals surface area contributed by atoms with E-state index >= 15 is 0 Å². The van der Waals surface area contributed by atoms with Gasteiger partial charge in [0.1, 0.15) is 6.04 Å². The lowest BCUT2D eigenvalue weighted by molar-refractivity contribution is -0.125. The largest absolute Gasteiger partial charge is 0.396 e. The summed E-state index contributed by atoms with van der Waals surface area (Å²) in [6, 6.07) is 7.41. The first-order chi connectivity index (χ1) is 10.0. The van der Waals surface area contributed by atoms with Gasteiger partial charge >= 0.3 is 0 Å². The maximum absolute atomic E-state index is 12.5. The van der Waals surface area contributed by atoms with Crippen LogP contribution in [0.1, 0.15) is 39.7 Å². The molecule has 1 heterocycles. The fraction of sp³-hybridized carbons (Fsp3) is 0.500. The van der Waals surface area contributed by atoms with Crippen LogP contribution in [0, 0.1) is 0 Å². The van der Waals surface area contributed by atoms with Crippen molar-refractivity contribution >= 4 is 16.9 Å². The Balaban J connectivity index is 2.19. The van der Waals surface area contributed by atoms with E-state index in [0.717, 1.165) is 17.5 Å². The average Bonchev–Trinajstić information content (AvgIpc) is 2.90. The summed E-state index contributed by atoms with van der Waals surface area (Å²) in [6.45, 7) is 5.89. The lowest BCUT2D eigenvalue weighted by Crippen LogP contribution is -2.48. The Labute approximate surface area is 125 Å². The minimum absolute atomic E-state index is 0.0593. The Bertz CT molecular complexity index is 623. The van der Waals surface area contributed by atoms with Gasteiger partial charge in [-0.25, -0.2) is 4.98 Å². The van der Waals surface area contributed by atoms with Gasteiger partial charge in [0.15, 0.2) is 0 Å². The number of hydrogen-bond acceptors (Lipinski definition) is 3. The molecule has 0 aliphatic rings. The molecule has 0 saturated carbocycles. The number of fused-ring (bicyclic) bond motifs is 1. The number of rotatable bonds is 6. The summed E-state index contributed by atoms with van der Waals surface area (Å²) in [4.78, 5) is 16.8. The summed E-state index contributed by atoms with van der Waals surface area (Å²) >= 11 is 0. The van der Waals surface area contributed by atoms with Crippen LogP contribution in [0.25, 0.3) is 11.0 Å². The molecule has 5 heteroatoms. The van der Waals surface area contributed by atoms with Crippen molar-refractivity contribution in [3.05, 3.63) is 30.6 Å².